The van der Waals surface area contributed by atoms with Crippen molar-refractivity contribution in [1.82, 2.24) is 10.6 Å². The molecule has 0 saturated carbocycles. The third-order valence-corrected chi connectivity index (χ3v) is 5.52. The molecule has 11 heteroatoms. The molecule has 186 valence electrons. The van der Waals surface area contributed by atoms with Crippen molar-refractivity contribution in [3.05, 3.63) is 53.6 Å². The number of esters is 1. The topological polar surface area (TPSA) is 132 Å². The van der Waals surface area contributed by atoms with Crippen LogP contribution in [-0.2, 0) is 14.3 Å². The van der Waals surface area contributed by atoms with Gasteiger partial charge in [-0.25, -0.2) is 9.59 Å². The van der Waals surface area contributed by atoms with E-state index in [1.807, 2.05) is 19.2 Å². The monoisotopic (exact) mass is 501 g/mol. The van der Waals surface area contributed by atoms with Crippen LogP contribution in [0.3, 0.4) is 0 Å². The third-order valence-electron chi connectivity index (χ3n) is 4.88. The number of nitrogens with one attached hydrogen (secondary N) is 3. The van der Waals surface area contributed by atoms with Crippen LogP contribution in [0.5, 0.6) is 11.5 Å². The summed E-state index contributed by atoms with van der Waals surface area (Å²) in [6, 6.07) is 10.1. The van der Waals surface area contributed by atoms with Gasteiger partial charge < -0.3 is 24.8 Å². The summed E-state index contributed by atoms with van der Waals surface area (Å²) in [5.74, 6) is -0.351. The van der Waals surface area contributed by atoms with E-state index in [4.69, 9.17) is 14.2 Å². The summed E-state index contributed by atoms with van der Waals surface area (Å²) in [5, 5.41) is 7.25. The van der Waals surface area contributed by atoms with Crippen LogP contribution in [0.4, 0.5) is 10.5 Å². The molecular weight excluding hydrogens is 474 g/mol. The van der Waals surface area contributed by atoms with Gasteiger partial charge in [0.2, 0.25) is 0 Å². The van der Waals surface area contributed by atoms with E-state index in [2.05, 4.69) is 16.0 Å². The molecule has 3 rings (SSSR count). The maximum atomic E-state index is 12.5. The summed E-state index contributed by atoms with van der Waals surface area (Å²) in [6.07, 6.45) is 2.20. The van der Waals surface area contributed by atoms with E-state index in [1.165, 1.54) is 11.8 Å². The highest BCUT2D eigenvalue weighted by Crippen LogP contribution is 2.32. The highest BCUT2D eigenvalue weighted by Gasteiger charge is 2.24. The molecule has 2 aromatic carbocycles. The Morgan fingerprint density at radius 1 is 1.06 bits per heavy atom. The first-order valence-electron chi connectivity index (χ1n) is 10.9. The molecule has 2 aromatic rings. The molecule has 1 aliphatic rings. The number of thioether (sulfide) groups is 1. The summed E-state index contributed by atoms with van der Waals surface area (Å²) in [5.41, 5.74) is 1.72. The lowest BCUT2D eigenvalue weighted by molar-refractivity contribution is -0.150. The number of aryl methyl sites for hydroxylation is 1. The van der Waals surface area contributed by atoms with Gasteiger partial charge in [0.25, 0.3) is 11.8 Å². The molecule has 0 bridgehead atoms. The first kappa shape index (κ1) is 25.9. The van der Waals surface area contributed by atoms with Crippen molar-refractivity contribution in [3.8, 4) is 11.5 Å². The zero-order valence-electron chi connectivity index (χ0n) is 19.4. The minimum absolute atomic E-state index is 0.323. The van der Waals surface area contributed by atoms with E-state index < -0.39 is 36.5 Å². The Bertz CT molecular complexity index is 1090. The number of carbonyl (C=O) groups excluding carboxylic acids is 4. The fourth-order valence-electron chi connectivity index (χ4n) is 3.20. The summed E-state index contributed by atoms with van der Waals surface area (Å²) in [6.45, 7) is 2.03. The van der Waals surface area contributed by atoms with Crippen molar-refractivity contribution < 1.29 is 33.4 Å². The maximum absolute atomic E-state index is 12.5. The average molecular weight is 502 g/mol. The van der Waals surface area contributed by atoms with Gasteiger partial charge in [0.15, 0.2) is 18.1 Å². The standard InChI is InChI=1S/C24H27N3O7S/c1-15-4-3-5-16(12-15)22(29)26-18(8-11-35-2)23(30)34-14-21(28)27-24(31)25-17-6-7-19-20(13-17)33-10-9-32-19/h3-7,12-13,18H,8-11,14H2,1-2H3,(H,26,29)(H2,25,27,28,31). The lowest BCUT2D eigenvalue weighted by Gasteiger charge is -2.19. The van der Waals surface area contributed by atoms with Gasteiger partial charge in [-0.05, 0) is 49.6 Å². The Kier molecular flexibility index (Phi) is 9.36. The van der Waals surface area contributed by atoms with Gasteiger partial charge in [-0.2, -0.15) is 11.8 Å². The number of imide groups is 1. The van der Waals surface area contributed by atoms with Crippen molar-refractivity contribution in [2.24, 2.45) is 0 Å². The van der Waals surface area contributed by atoms with E-state index in [1.54, 1.807) is 36.4 Å². The molecule has 3 N–H and O–H groups in total. The van der Waals surface area contributed by atoms with Crippen molar-refractivity contribution in [2.75, 3.05) is 37.1 Å². The number of ether oxygens (including phenoxy) is 3. The van der Waals surface area contributed by atoms with Gasteiger partial charge in [-0.1, -0.05) is 17.7 Å². The number of hydrogen-bond donors (Lipinski definition) is 3. The van der Waals surface area contributed by atoms with Crippen LogP contribution in [-0.4, -0.2) is 61.7 Å². The second kappa shape index (κ2) is 12.7. The van der Waals surface area contributed by atoms with E-state index in [9.17, 15) is 19.2 Å². The zero-order chi connectivity index (χ0) is 25.2. The lowest BCUT2D eigenvalue weighted by atomic mass is 10.1. The zero-order valence-corrected chi connectivity index (χ0v) is 20.2. The normalized spacial score (nSPS) is 12.7. The van der Waals surface area contributed by atoms with E-state index in [0.717, 1.165) is 5.56 Å². The Labute approximate surface area is 207 Å². The number of benzene rings is 2. The van der Waals surface area contributed by atoms with Crippen LogP contribution < -0.4 is 25.4 Å². The molecule has 0 spiro atoms. The molecule has 0 aromatic heterocycles. The molecule has 10 nitrogen and oxygen atoms in total. The predicted molar refractivity (Wildman–Crippen MR) is 131 cm³/mol. The molecule has 0 aliphatic carbocycles. The van der Waals surface area contributed by atoms with E-state index in [-0.39, 0.29) is 0 Å². The quantitative estimate of drug-likeness (QED) is 0.447. The van der Waals surface area contributed by atoms with Crippen molar-refractivity contribution in [3.63, 3.8) is 0 Å². The molecule has 0 saturated heterocycles. The van der Waals surface area contributed by atoms with Crippen LogP contribution in [0.2, 0.25) is 0 Å². The molecule has 4 amide bonds. The Hall–Kier alpha value is -3.73. The third kappa shape index (κ3) is 7.92. The molecular formula is C24H27N3O7S. The molecule has 1 aliphatic heterocycles. The van der Waals surface area contributed by atoms with Crippen molar-refractivity contribution in [1.29, 1.82) is 0 Å². The number of rotatable bonds is 9. The van der Waals surface area contributed by atoms with Gasteiger partial charge >= 0.3 is 12.0 Å². The van der Waals surface area contributed by atoms with Gasteiger partial charge in [-0.3, -0.25) is 14.9 Å². The number of fused-ring (bicyclic) bond motifs is 1. The minimum Gasteiger partial charge on any atom is -0.486 e. The van der Waals surface area contributed by atoms with Crippen LogP contribution in [0.15, 0.2) is 42.5 Å². The second-order valence-electron chi connectivity index (χ2n) is 7.65. The van der Waals surface area contributed by atoms with Crippen LogP contribution in [0, 0.1) is 6.92 Å². The summed E-state index contributed by atoms with van der Waals surface area (Å²) < 4.78 is 15.9. The van der Waals surface area contributed by atoms with E-state index in [0.29, 0.717) is 48.1 Å². The maximum Gasteiger partial charge on any atom is 0.329 e. The van der Waals surface area contributed by atoms with E-state index >= 15 is 0 Å². The number of anilines is 1. The van der Waals surface area contributed by atoms with Crippen molar-refractivity contribution >= 4 is 41.3 Å². The molecule has 1 atom stereocenters. The van der Waals surface area contributed by atoms with Gasteiger partial charge in [0, 0.05) is 17.3 Å². The SMILES string of the molecule is CSCCC(NC(=O)c1cccc(C)c1)C(=O)OCC(=O)NC(=O)Nc1ccc2c(c1)OCCO2. The highest BCUT2D eigenvalue weighted by molar-refractivity contribution is 7.98. The molecule has 1 heterocycles. The van der Waals surface area contributed by atoms with Crippen LogP contribution in [0.25, 0.3) is 0 Å². The van der Waals surface area contributed by atoms with Crippen LogP contribution in [0.1, 0.15) is 22.3 Å². The lowest BCUT2D eigenvalue weighted by Crippen LogP contribution is -2.44. The Balaban J connectivity index is 1.49. The average Bonchev–Trinajstić information content (AvgIpc) is 2.84. The predicted octanol–water partition coefficient (Wildman–Crippen LogP) is 2.51. The summed E-state index contributed by atoms with van der Waals surface area (Å²) in [7, 11) is 0. The van der Waals surface area contributed by atoms with Crippen LogP contribution >= 0.6 is 11.8 Å². The smallest absolute Gasteiger partial charge is 0.329 e. The first-order chi connectivity index (χ1) is 16.9. The second-order valence-corrected chi connectivity index (χ2v) is 8.63. The summed E-state index contributed by atoms with van der Waals surface area (Å²) in [4.78, 5) is 49.3. The summed E-state index contributed by atoms with van der Waals surface area (Å²) >= 11 is 1.51. The first-order valence-corrected chi connectivity index (χ1v) is 12.3. The molecule has 1 unspecified atom stereocenters. The molecule has 0 radical (unpaired) electrons. The fourth-order valence-corrected chi connectivity index (χ4v) is 3.67. The highest BCUT2D eigenvalue weighted by atomic mass is 32.2. The Morgan fingerprint density at radius 2 is 1.83 bits per heavy atom. The number of amides is 4. The fraction of sp³-hybridized carbons (Fsp3) is 0.333. The van der Waals surface area contributed by atoms with Gasteiger partial charge in [0.1, 0.15) is 19.3 Å². The van der Waals surface area contributed by atoms with Crippen molar-refractivity contribution in [2.45, 2.75) is 19.4 Å². The molecule has 0 fully saturated rings. The largest absolute Gasteiger partial charge is 0.486 e. The Morgan fingerprint density at radius 3 is 2.57 bits per heavy atom. The van der Waals surface area contributed by atoms with Gasteiger partial charge in [0.05, 0.1) is 0 Å². The molecule has 35 heavy (non-hydrogen) atoms. The van der Waals surface area contributed by atoms with Gasteiger partial charge in [-0.15, -0.1) is 0 Å². The number of urea groups is 1. The minimum atomic E-state index is -0.935. The number of carbonyl (C=O) groups is 4. The number of hydrogen-bond acceptors (Lipinski definition) is 8.